The Morgan fingerprint density at radius 1 is 0.870 bits per heavy atom. The van der Waals surface area contributed by atoms with Gasteiger partial charge >= 0.3 is 22.4 Å². The Balaban J connectivity index is 0.00000484. The van der Waals surface area contributed by atoms with Gasteiger partial charge in [0.1, 0.15) is 5.75 Å². The number of aromatic carboxylic acids is 1. The number of rotatable bonds is 13. The Morgan fingerprint density at radius 2 is 1.35 bits per heavy atom. The van der Waals surface area contributed by atoms with E-state index in [4.69, 9.17) is 4.74 Å². The van der Waals surface area contributed by atoms with Gasteiger partial charge in [0.15, 0.2) is 0 Å². The molecule has 0 aliphatic rings. The summed E-state index contributed by atoms with van der Waals surface area (Å²) in [5.41, 5.74) is 0.186. The van der Waals surface area contributed by atoms with Gasteiger partial charge < -0.3 is 14.6 Å². The SMILES string of the molecule is CCCCCCCCCCCCOc1ccc(C(=O)[O-])cc1.[Ag+]. The Bertz CT molecular complexity index is 404. The molecule has 0 saturated heterocycles. The Hall–Kier alpha value is -0.770. The molecule has 0 fully saturated rings. The fourth-order valence-electron chi connectivity index (χ4n) is 2.47. The number of carboxylic acids is 1. The van der Waals surface area contributed by atoms with Crippen LogP contribution in [0.4, 0.5) is 0 Å². The third-order valence-electron chi connectivity index (χ3n) is 3.86. The number of carboxylic acid groups (broad SMARTS) is 1. The van der Waals surface area contributed by atoms with Gasteiger partial charge in [0.05, 0.1) is 12.6 Å². The van der Waals surface area contributed by atoms with Crippen LogP contribution in [0.5, 0.6) is 5.75 Å². The van der Waals surface area contributed by atoms with E-state index in [0.29, 0.717) is 6.61 Å². The van der Waals surface area contributed by atoms with Gasteiger partial charge in [-0.1, -0.05) is 64.7 Å². The topological polar surface area (TPSA) is 49.4 Å². The average Bonchev–Trinajstić information content (AvgIpc) is 2.53. The number of hydrogen-bond donors (Lipinski definition) is 0. The van der Waals surface area contributed by atoms with Crippen LogP contribution < -0.4 is 9.84 Å². The average molecular weight is 413 g/mol. The van der Waals surface area contributed by atoms with E-state index < -0.39 is 5.97 Å². The molecular formula is C19H29AgO3. The van der Waals surface area contributed by atoms with Crippen molar-refractivity contribution in [3.63, 3.8) is 0 Å². The van der Waals surface area contributed by atoms with Gasteiger partial charge in [-0.2, -0.15) is 0 Å². The minimum absolute atomic E-state index is 0. The second-order valence-corrected chi connectivity index (χ2v) is 5.84. The molecule has 0 bridgehead atoms. The fourth-order valence-corrected chi connectivity index (χ4v) is 2.47. The summed E-state index contributed by atoms with van der Waals surface area (Å²) in [6.07, 6.45) is 13.1. The summed E-state index contributed by atoms with van der Waals surface area (Å²) in [5, 5.41) is 10.6. The van der Waals surface area contributed by atoms with Crippen molar-refractivity contribution in [1.29, 1.82) is 0 Å². The molecule has 1 aromatic rings. The second kappa shape index (κ2) is 14.8. The molecule has 0 atom stereocenters. The summed E-state index contributed by atoms with van der Waals surface area (Å²) in [5.74, 6) is -0.429. The van der Waals surface area contributed by atoms with Crippen LogP contribution >= 0.6 is 0 Å². The molecule has 0 unspecified atom stereocenters. The van der Waals surface area contributed by atoms with Crippen molar-refractivity contribution >= 4 is 5.97 Å². The van der Waals surface area contributed by atoms with Gasteiger partial charge in [0.25, 0.3) is 0 Å². The summed E-state index contributed by atoms with van der Waals surface area (Å²) >= 11 is 0. The molecule has 0 aliphatic carbocycles. The standard InChI is InChI=1S/C19H30O3.Ag/c1-2-3-4-5-6-7-8-9-10-11-16-22-18-14-12-17(13-15-18)19(20)21;/h12-15H,2-11,16H2,1H3,(H,20,21);/q;+1/p-1. The molecular weight excluding hydrogens is 384 g/mol. The number of ether oxygens (including phenoxy) is 1. The molecule has 0 aromatic heterocycles. The summed E-state index contributed by atoms with van der Waals surface area (Å²) in [6.45, 7) is 2.95. The van der Waals surface area contributed by atoms with Crippen molar-refractivity contribution in [3.8, 4) is 5.75 Å². The normalized spacial score (nSPS) is 10.1. The van der Waals surface area contributed by atoms with E-state index in [-0.39, 0.29) is 27.9 Å². The van der Waals surface area contributed by atoms with Gasteiger partial charge in [0.2, 0.25) is 0 Å². The Morgan fingerprint density at radius 3 is 1.83 bits per heavy atom. The van der Waals surface area contributed by atoms with Crippen LogP contribution in [0.25, 0.3) is 0 Å². The first-order valence-electron chi connectivity index (χ1n) is 8.68. The molecule has 1 aromatic carbocycles. The molecule has 0 N–H and O–H groups in total. The number of carbonyl (C=O) groups excluding carboxylic acids is 1. The van der Waals surface area contributed by atoms with Crippen LogP contribution in [0.2, 0.25) is 0 Å². The molecule has 23 heavy (non-hydrogen) atoms. The third-order valence-corrected chi connectivity index (χ3v) is 3.86. The molecule has 0 aliphatic heterocycles. The number of unbranched alkanes of at least 4 members (excludes halogenated alkanes) is 9. The van der Waals surface area contributed by atoms with Gasteiger partial charge in [-0.25, -0.2) is 0 Å². The zero-order chi connectivity index (χ0) is 16.0. The van der Waals surface area contributed by atoms with Crippen LogP contribution in [0.15, 0.2) is 24.3 Å². The minimum atomic E-state index is -1.15. The van der Waals surface area contributed by atoms with Crippen molar-refractivity contribution in [2.75, 3.05) is 6.61 Å². The first-order valence-corrected chi connectivity index (χ1v) is 8.68. The van der Waals surface area contributed by atoms with Gasteiger partial charge in [-0.15, -0.1) is 0 Å². The van der Waals surface area contributed by atoms with Crippen molar-refractivity contribution in [2.24, 2.45) is 0 Å². The van der Waals surface area contributed by atoms with Crippen LogP contribution in [-0.4, -0.2) is 12.6 Å². The maximum absolute atomic E-state index is 10.6. The maximum atomic E-state index is 10.6. The predicted octanol–water partition coefficient (Wildman–Crippen LogP) is 4.35. The first kappa shape index (κ1) is 22.2. The molecule has 0 heterocycles. The molecule has 0 spiro atoms. The monoisotopic (exact) mass is 412 g/mol. The van der Waals surface area contributed by atoms with E-state index in [9.17, 15) is 9.90 Å². The van der Waals surface area contributed by atoms with Crippen LogP contribution in [0.3, 0.4) is 0 Å². The van der Waals surface area contributed by atoms with Crippen LogP contribution in [0.1, 0.15) is 81.5 Å². The molecule has 0 saturated carbocycles. The van der Waals surface area contributed by atoms with E-state index in [1.54, 1.807) is 12.1 Å². The zero-order valence-corrected chi connectivity index (χ0v) is 15.6. The van der Waals surface area contributed by atoms with Crippen molar-refractivity contribution in [1.82, 2.24) is 0 Å². The maximum Gasteiger partial charge on any atom is 1.00 e. The second-order valence-electron chi connectivity index (χ2n) is 5.84. The smallest absolute Gasteiger partial charge is 0.545 e. The van der Waals surface area contributed by atoms with E-state index in [2.05, 4.69) is 6.92 Å². The zero-order valence-electron chi connectivity index (χ0n) is 14.1. The Kier molecular flexibility index (Phi) is 14.3. The number of hydrogen-bond acceptors (Lipinski definition) is 3. The van der Waals surface area contributed by atoms with Gasteiger partial charge in [-0.3, -0.25) is 0 Å². The third kappa shape index (κ3) is 11.4. The summed E-state index contributed by atoms with van der Waals surface area (Å²) in [4.78, 5) is 10.6. The van der Waals surface area contributed by atoms with E-state index in [1.807, 2.05) is 0 Å². The van der Waals surface area contributed by atoms with Gasteiger partial charge in [-0.05, 0) is 36.2 Å². The van der Waals surface area contributed by atoms with Crippen LogP contribution in [-0.2, 0) is 22.4 Å². The number of carbonyl (C=O) groups is 1. The molecule has 134 valence electrons. The van der Waals surface area contributed by atoms with Crippen molar-refractivity contribution in [3.05, 3.63) is 29.8 Å². The largest absolute Gasteiger partial charge is 1.00 e. The molecule has 0 radical (unpaired) electrons. The van der Waals surface area contributed by atoms with Crippen molar-refractivity contribution < 1.29 is 37.0 Å². The van der Waals surface area contributed by atoms with E-state index >= 15 is 0 Å². The Labute approximate surface area is 156 Å². The molecule has 0 amide bonds. The summed E-state index contributed by atoms with van der Waals surface area (Å²) < 4.78 is 5.60. The first-order chi connectivity index (χ1) is 10.7. The number of benzene rings is 1. The van der Waals surface area contributed by atoms with E-state index in [1.165, 1.54) is 69.9 Å². The van der Waals surface area contributed by atoms with Crippen LogP contribution in [0, 0.1) is 0 Å². The molecule has 3 nitrogen and oxygen atoms in total. The van der Waals surface area contributed by atoms with Crippen molar-refractivity contribution in [2.45, 2.75) is 71.1 Å². The molecule has 1 rings (SSSR count). The summed E-state index contributed by atoms with van der Waals surface area (Å²) in [6, 6.07) is 6.40. The van der Waals surface area contributed by atoms with Gasteiger partial charge in [0, 0.05) is 0 Å². The fraction of sp³-hybridized carbons (Fsp3) is 0.632. The minimum Gasteiger partial charge on any atom is -0.545 e. The summed E-state index contributed by atoms with van der Waals surface area (Å²) in [7, 11) is 0. The predicted molar refractivity (Wildman–Crippen MR) is 88.1 cm³/mol. The van der Waals surface area contributed by atoms with E-state index in [0.717, 1.165) is 12.2 Å². The molecule has 4 heteroatoms. The quantitative estimate of drug-likeness (QED) is 0.357.